The first kappa shape index (κ1) is 17.8. The Bertz CT molecular complexity index is 1000. The van der Waals surface area contributed by atoms with Gasteiger partial charge >= 0.3 is 0 Å². The SMILES string of the molecule is Cc1nc(N2CCN(C)CC2)ncc1-c1cc(=O)n(-c2ccc(Cl)cc2)[nH]1. The van der Waals surface area contributed by atoms with Crippen molar-refractivity contribution in [2.75, 3.05) is 38.1 Å². The van der Waals surface area contributed by atoms with Gasteiger partial charge in [-0.2, -0.15) is 0 Å². The molecule has 1 aromatic carbocycles. The number of aromatic nitrogens is 4. The Labute approximate surface area is 162 Å². The predicted octanol–water partition coefficient (Wildman–Crippen LogP) is 2.34. The minimum Gasteiger partial charge on any atom is -0.338 e. The highest BCUT2D eigenvalue weighted by atomic mass is 35.5. The maximum absolute atomic E-state index is 12.4. The summed E-state index contributed by atoms with van der Waals surface area (Å²) in [5, 5.41) is 3.77. The fourth-order valence-electron chi connectivity index (χ4n) is 3.19. The van der Waals surface area contributed by atoms with Crippen molar-refractivity contribution in [3.8, 4) is 16.9 Å². The lowest BCUT2D eigenvalue weighted by Gasteiger charge is -2.32. The van der Waals surface area contributed by atoms with Crippen LogP contribution < -0.4 is 10.5 Å². The minimum absolute atomic E-state index is 0.144. The van der Waals surface area contributed by atoms with E-state index in [0.29, 0.717) is 10.7 Å². The van der Waals surface area contributed by atoms with E-state index in [4.69, 9.17) is 11.6 Å². The highest BCUT2D eigenvalue weighted by Crippen LogP contribution is 2.22. The van der Waals surface area contributed by atoms with Crippen LogP contribution in [0.3, 0.4) is 0 Å². The molecule has 7 nitrogen and oxygen atoms in total. The summed E-state index contributed by atoms with van der Waals surface area (Å²) in [4.78, 5) is 26.1. The zero-order chi connectivity index (χ0) is 19.0. The number of benzene rings is 1. The summed E-state index contributed by atoms with van der Waals surface area (Å²) in [6.07, 6.45) is 1.79. The number of H-pyrrole nitrogens is 1. The second-order valence-corrected chi connectivity index (χ2v) is 7.22. The monoisotopic (exact) mass is 384 g/mol. The van der Waals surface area contributed by atoms with E-state index in [2.05, 4.69) is 31.9 Å². The highest BCUT2D eigenvalue weighted by molar-refractivity contribution is 6.30. The van der Waals surface area contributed by atoms with Gasteiger partial charge in [-0.05, 0) is 38.2 Å². The normalized spacial score (nSPS) is 15.3. The molecule has 4 rings (SSSR count). The Morgan fingerprint density at radius 2 is 1.81 bits per heavy atom. The van der Waals surface area contributed by atoms with E-state index in [1.807, 2.05) is 6.92 Å². The van der Waals surface area contributed by atoms with Crippen LogP contribution in [0, 0.1) is 6.92 Å². The molecule has 3 aromatic rings. The highest BCUT2D eigenvalue weighted by Gasteiger charge is 2.18. The average molecular weight is 385 g/mol. The van der Waals surface area contributed by atoms with Gasteiger partial charge in [0.1, 0.15) is 0 Å². The zero-order valence-corrected chi connectivity index (χ0v) is 16.1. The third kappa shape index (κ3) is 3.61. The maximum atomic E-state index is 12.4. The molecule has 0 aliphatic carbocycles. The number of rotatable bonds is 3. The van der Waals surface area contributed by atoms with Crippen LogP contribution in [0.5, 0.6) is 0 Å². The van der Waals surface area contributed by atoms with E-state index in [1.165, 1.54) is 4.68 Å². The molecule has 1 aliphatic heterocycles. The number of hydrogen-bond donors (Lipinski definition) is 1. The quantitative estimate of drug-likeness (QED) is 0.750. The molecule has 3 heterocycles. The summed E-state index contributed by atoms with van der Waals surface area (Å²) in [6.45, 7) is 5.77. The lowest BCUT2D eigenvalue weighted by atomic mass is 10.2. The van der Waals surface area contributed by atoms with Crippen LogP contribution in [0.15, 0.2) is 41.3 Å². The van der Waals surface area contributed by atoms with Gasteiger partial charge in [0.05, 0.1) is 17.1 Å². The number of nitrogens with zero attached hydrogens (tertiary/aromatic N) is 5. The van der Waals surface area contributed by atoms with Gasteiger partial charge in [-0.3, -0.25) is 9.89 Å². The second-order valence-electron chi connectivity index (χ2n) is 6.78. The Kier molecular flexibility index (Phi) is 4.72. The summed E-state index contributed by atoms with van der Waals surface area (Å²) in [5.74, 6) is 0.740. The van der Waals surface area contributed by atoms with Gasteiger partial charge in [-0.15, -0.1) is 0 Å². The van der Waals surface area contributed by atoms with Crippen LogP contribution in [0.2, 0.25) is 5.02 Å². The standard InChI is InChI=1S/C19H21ClN6O/c1-13-16(12-21-19(22-13)25-9-7-24(2)8-10-25)17-11-18(27)26(23-17)15-5-3-14(20)4-6-15/h3-6,11-12,23H,7-10H2,1-2H3. The minimum atomic E-state index is -0.144. The number of nitrogens with one attached hydrogen (secondary N) is 1. The van der Waals surface area contributed by atoms with Crippen molar-refractivity contribution in [3.63, 3.8) is 0 Å². The van der Waals surface area contributed by atoms with Crippen LogP contribution in [0.1, 0.15) is 5.69 Å². The Morgan fingerprint density at radius 3 is 2.48 bits per heavy atom. The number of anilines is 1. The second kappa shape index (κ2) is 7.17. The third-order valence-electron chi connectivity index (χ3n) is 4.85. The molecule has 0 radical (unpaired) electrons. The molecule has 0 unspecified atom stereocenters. The number of piperazine rings is 1. The van der Waals surface area contributed by atoms with Crippen molar-refractivity contribution < 1.29 is 0 Å². The number of hydrogen-bond acceptors (Lipinski definition) is 5. The lowest BCUT2D eigenvalue weighted by Crippen LogP contribution is -2.45. The van der Waals surface area contributed by atoms with E-state index in [1.54, 1.807) is 36.5 Å². The van der Waals surface area contributed by atoms with Gasteiger partial charge in [0.2, 0.25) is 5.95 Å². The van der Waals surface area contributed by atoms with Crippen molar-refractivity contribution in [3.05, 3.63) is 57.6 Å². The third-order valence-corrected chi connectivity index (χ3v) is 5.10. The van der Waals surface area contributed by atoms with Gasteiger partial charge in [-0.25, -0.2) is 14.6 Å². The summed E-state index contributed by atoms with van der Waals surface area (Å²) in [5.41, 5.74) is 2.93. The fourth-order valence-corrected chi connectivity index (χ4v) is 3.32. The number of halogens is 1. The van der Waals surface area contributed by atoms with Gasteiger partial charge in [-0.1, -0.05) is 11.6 Å². The molecule has 2 aromatic heterocycles. The van der Waals surface area contributed by atoms with E-state index < -0.39 is 0 Å². The smallest absolute Gasteiger partial charge is 0.271 e. The summed E-state index contributed by atoms with van der Waals surface area (Å²) < 4.78 is 1.49. The van der Waals surface area contributed by atoms with Crippen LogP contribution in [0.25, 0.3) is 16.9 Å². The Balaban J connectivity index is 1.63. The predicted molar refractivity (Wildman–Crippen MR) is 107 cm³/mol. The van der Waals surface area contributed by atoms with Crippen molar-refractivity contribution in [2.24, 2.45) is 0 Å². The molecule has 140 valence electrons. The van der Waals surface area contributed by atoms with Crippen molar-refractivity contribution in [1.29, 1.82) is 0 Å². The molecule has 1 saturated heterocycles. The molecule has 1 N–H and O–H groups in total. The van der Waals surface area contributed by atoms with Gasteiger partial charge in [0.25, 0.3) is 5.56 Å². The van der Waals surface area contributed by atoms with E-state index in [-0.39, 0.29) is 5.56 Å². The number of aryl methyl sites for hydroxylation is 1. The fraction of sp³-hybridized carbons (Fsp3) is 0.316. The molecule has 0 bridgehead atoms. The van der Waals surface area contributed by atoms with Gasteiger partial charge in [0.15, 0.2) is 0 Å². The first-order valence-electron chi connectivity index (χ1n) is 8.87. The van der Waals surface area contributed by atoms with Crippen LogP contribution in [-0.4, -0.2) is 57.9 Å². The molecule has 0 atom stereocenters. The van der Waals surface area contributed by atoms with Gasteiger partial charge in [0, 0.05) is 49.0 Å². The lowest BCUT2D eigenvalue weighted by molar-refractivity contribution is 0.311. The molecule has 27 heavy (non-hydrogen) atoms. The molecular formula is C19H21ClN6O. The zero-order valence-electron chi connectivity index (χ0n) is 15.3. The number of aromatic amines is 1. The summed E-state index contributed by atoms with van der Waals surface area (Å²) in [7, 11) is 2.12. The molecular weight excluding hydrogens is 364 g/mol. The molecule has 0 saturated carbocycles. The molecule has 1 fully saturated rings. The molecule has 8 heteroatoms. The van der Waals surface area contributed by atoms with Crippen molar-refractivity contribution in [2.45, 2.75) is 6.92 Å². The topological polar surface area (TPSA) is 70.1 Å². The molecule has 0 spiro atoms. The Morgan fingerprint density at radius 1 is 1.11 bits per heavy atom. The summed E-state index contributed by atoms with van der Waals surface area (Å²) in [6, 6.07) is 8.66. The van der Waals surface area contributed by atoms with E-state index in [0.717, 1.165) is 49.1 Å². The van der Waals surface area contributed by atoms with Gasteiger partial charge < -0.3 is 9.80 Å². The van der Waals surface area contributed by atoms with Crippen LogP contribution >= 0.6 is 11.6 Å². The molecule has 1 aliphatic rings. The first-order chi connectivity index (χ1) is 13.0. The summed E-state index contributed by atoms with van der Waals surface area (Å²) >= 11 is 5.93. The Hall–Kier alpha value is -2.64. The largest absolute Gasteiger partial charge is 0.338 e. The van der Waals surface area contributed by atoms with Crippen LogP contribution in [0.4, 0.5) is 5.95 Å². The van der Waals surface area contributed by atoms with Crippen molar-refractivity contribution in [1.82, 2.24) is 24.6 Å². The van der Waals surface area contributed by atoms with E-state index in [9.17, 15) is 4.79 Å². The maximum Gasteiger partial charge on any atom is 0.271 e. The first-order valence-corrected chi connectivity index (χ1v) is 9.24. The van der Waals surface area contributed by atoms with E-state index >= 15 is 0 Å². The number of likely N-dealkylation sites (N-methyl/N-ethyl adjacent to an activating group) is 1. The average Bonchev–Trinajstić information content (AvgIpc) is 3.04. The van der Waals surface area contributed by atoms with Crippen molar-refractivity contribution >= 4 is 17.5 Å². The van der Waals surface area contributed by atoms with Crippen LogP contribution in [-0.2, 0) is 0 Å². The molecule has 0 amide bonds.